The number of carbonyl (C=O) groups excluding carboxylic acids is 1. The number of benzene rings is 3. The third-order valence-corrected chi connectivity index (χ3v) is 7.64. The number of carbonyl (C=O) groups is 1. The predicted molar refractivity (Wildman–Crippen MR) is 145 cm³/mol. The van der Waals surface area contributed by atoms with Gasteiger partial charge in [0.1, 0.15) is 6.61 Å². The van der Waals surface area contributed by atoms with Gasteiger partial charge < -0.3 is 19.7 Å². The molecule has 0 aliphatic carbocycles. The smallest absolute Gasteiger partial charge is 0.410 e. The molecule has 2 N–H and O–H groups in total. The minimum atomic E-state index is -0.653. The lowest BCUT2D eigenvalue weighted by Gasteiger charge is -2.31. The molecular weight excluding hydrogens is 518 g/mol. The van der Waals surface area contributed by atoms with E-state index < -0.39 is 12.2 Å². The highest BCUT2D eigenvalue weighted by atomic mass is 79.9. The molecule has 0 bridgehead atoms. The van der Waals surface area contributed by atoms with Crippen LogP contribution in [-0.2, 0) is 24.3 Å². The van der Waals surface area contributed by atoms with Crippen LogP contribution in [0.3, 0.4) is 0 Å². The Morgan fingerprint density at radius 3 is 2.58 bits per heavy atom. The van der Waals surface area contributed by atoms with Crippen molar-refractivity contribution in [1.29, 1.82) is 0 Å². The first-order valence-electron chi connectivity index (χ1n) is 12.2. The molecule has 1 saturated heterocycles. The maximum absolute atomic E-state index is 12.8. The quantitative estimate of drug-likeness (QED) is 0.311. The normalized spacial score (nSPS) is 17.7. The first-order chi connectivity index (χ1) is 17.6. The van der Waals surface area contributed by atoms with Crippen molar-refractivity contribution in [3.05, 3.63) is 106 Å². The molecule has 2 heterocycles. The average molecular weight is 548 g/mol. The van der Waals surface area contributed by atoms with Gasteiger partial charge >= 0.3 is 6.09 Å². The fourth-order valence-corrected chi connectivity index (χ4v) is 5.31. The molecular formula is C29H30BrN3O3. The number of aromatic amines is 1. The molecule has 0 saturated carbocycles. The van der Waals surface area contributed by atoms with Gasteiger partial charge in [0.15, 0.2) is 0 Å². The molecule has 5 rings (SSSR count). The average Bonchev–Trinajstić information content (AvgIpc) is 3.50. The summed E-state index contributed by atoms with van der Waals surface area (Å²) in [6.45, 7) is 2.32. The fraction of sp³-hybridized carbons (Fsp3) is 0.276. The molecule has 0 unspecified atom stereocenters. The van der Waals surface area contributed by atoms with Gasteiger partial charge in [0.25, 0.3) is 0 Å². The Hall–Kier alpha value is -3.13. The Morgan fingerprint density at radius 2 is 1.75 bits per heavy atom. The zero-order valence-electron chi connectivity index (χ0n) is 20.0. The number of para-hydroxylation sites is 1. The third kappa shape index (κ3) is 5.64. The van der Waals surface area contributed by atoms with Crippen LogP contribution in [0.2, 0.25) is 0 Å². The summed E-state index contributed by atoms with van der Waals surface area (Å²) in [5.41, 5.74) is 4.46. The van der Waals surface area contributed by atoms with Gasteiger partial charge in [0.05, 0.1) is 18.7 Å². The summed E-state index contributed by atoms with van der Waals surface area (Å²) < 4.78 is 6.57. The summed E-state index contributed by atoms with van der Waals surface area (Å²) in [6, 6.07) is 25.9. The highest BCUT2D eigenvalue weighted by Gasteiger charge is 2.38. The van der Waals surface area contributed by atoms with Crippen LogP contribution in [-0.4, -0.2) is 57.8 Å². The summed E-state index contributed by atoms with van der Waals surface area (Å²) in [5, 5.41) is 12.3. The number of amides is 1. The minimum absolute atomic E-state index is 0.188. The number of β-amino-alcohol motifs (C(OH)–C–C–N with tert-alkyl or cyclic N) is 1. The summed E-state index contributed by atoms with van der Waals surface area (Å²) in [7, 11) is 0. The number of hydrogen-bond donors (Lipinski definition) is 2. The predicted octanol–water partition coefficient (Wildman–Crippen LogP) is 5.36. The van der Waals surface area contributed by atoms with Crippen molar-refractivity contribution < 1.29 is 14.6 Å². The largest absolute Gasteiger partial charge is 0.445 e. The van der Waals surface area contributed by atoms with Gasteiger partial charge in [0, 0.05) is 41.2 Å². The zero-order chi connectivity index (χ0) is 24.9. The fourth-order valence-electron chi connectivity index (χ4n) is 4.90. The number of hydrogen-bond acceptors (Lipinski definition) is 4. The number of likely N-dealkylation sites (tertiary alicyclic amines) is 1. The number of aliphatic hydroxyl groups excluding tert-OH is 1. The number of halogens is 1. The number of fused-ring (bicyclic) bond motifs is 1. The van der Waals surface area contributed by atoms with E-state index in [0.717, 1.165) is 34.1 Å². The van der Waals surface area contributed by atoms with Gasteiger partial charge in [-0.3, -0.25) is 4.90 Å². The minimum Gasteiger partial charge on any atom is -0.445 e. The number of H-pyrrole nitrogens is 1. The standard InChI is InChI=1S/C29H30BrN3O3/c30-25-12-6-4-10-23(25)17-32(15-14-22-16-31-26-13-7-5-11-24(22)26)27-18-33(19-28(27)34)29(35)36-20-21-8-2-1-3-9-21/h1-13,16,27-28,31,34H,14-15,17-20H2/t27-,28-/m1/s1. The van der Waals surface area contributed by atoms with E-state index in [9.17, 15) is 9.90 Å². The summed E-state index contributed by atoms with van der Waals surface area (Å²) in [4.78, 5) is 20.1. The van der Waals surface area contributed by atoms with Gasteiger partial charge in [0.2, 0.25) is 0 Å². The van der Waals surface area contributed by atoms with E-state index in [1.807, 2.05) is 54.6 Å². The van der Waals surface area contributed by atoms with Crippen molar-refractivity contribution in [1.82, 2.24) is 14.8 Å². The van der Waals surface area contributed by atoms with E-state index in [0.29, 0.717) is 13.1 Å². The molecule has 186 valence electrons. The Balaban J connectivity index is 1.30. The summed E-state index contributed by atoms with van der Waals surface area (Å²) in [6.07, 6.45) is 1.85. The van der Waals surface area contributed by atoms with Crippen molar-refractivity contribution in [2.75, 3.05) is 19.6 Å². The molecule has 1 fully saturated rings. The molecule has 3 aromatic carbocycles. The lowest BCUT2D eigenvalue weighted by molar-refractivity contribution is 0.0782. The highest BCUT2D eigenvalue weighted by molar-refractivity contribution is 9.10. The molecule has 6 nitrogen and oxygen atoms in total. The molecule has 1 amide bonds. The van der Waals surface area contributed by atoms with Crippen molar-refractivity contribution in [3.63, 3.8) is 0 Å². The van der Waals surface area contributed by atoms with Crippen LogP contribution >= 0.6 is 15.9 Å². The lowest BCUT2D eigenvalue weighted by Crippen LogP contribution is -2.44. The van der Waals surface area contributed by atoms with Crippen molar-refractivity contribution >= 4 is 32.9 Å². The topological polar surface area (TPSA) is 68.8 Å². The lowest BCUT2D eigenvalue weighted by atomic mass is 10.1. The Bertz CT molecular complexity index is 1310. The SMILES string of the molecule is O=C(OCc1ccccc1)N1C[C@@H](O)[C@H](N(CCc2c[nH]c3ccccc23)Cc2ccccc2Br)C1. The zero-order valence-corrected chi connectivity index (χ0v) is 21.6. The second kappa shape index (κ2) is 11.3. The number of nitrogens with zero attached hydrogens (tertiary/aromatic N) is 2. The second-order valence-electron chi connectivity index (χ2n) is 9.25. The van der Waals surface area contributed by atoms with Crippen molar-refractivity contribution in [3.8, 4) is 0 Å². The number of rotatable bonds is 8. The van der Waals surface area contributed by atoms with E-state index in [2.05, 4.69) is 56.3 Å². The van der Waals surface area contributed by atoms with E-state index in [4.69, 9.17) is 4.74 Å². The molecule has 7 heteroatoms. The number of aliphatic hydroxyl groups is 1. The van der Waals surface area contributed by atoms with Crippen LogP contribution in [0.5, 0.6) is 0 Å². The maximum atomic E-state index is 12.8. The first kappa shape index (κ1) is 24.6. The van der Waals surface area contributed by atoms with Crippen LogP contribution in [0.1, 0.15) is 16.7 Å². The summed E-state index contributed by atoms with van der Waals surface area (Å²) >= 11 is 3.67. The monoisotopic (exact) mass is 547 g/mol. The molecule has 1 aliphatic rings. The summed E-state index contributed by atoms with van der Waals surface area (Å²) in [5.74, 6) is 0. The molecule has 1 aliphatic heterocycles. The molecule has 4 aromatic rings. The first-order valence-corrected chi connectivity index (χ1v) is 13.0. The van der Waals surface area contributed by atoms with Crippen LogP contribution in [0.25, 0.3) is 10.9 Å². The van der Waals surface area contributed by atoms with Crippen molar-refractivity contribution in [2.45, 2.75) is 31.7 Å². The Kier molecular flexibility index (Phi) is 7.70. The van der Waals surface area contributed by atoms with Gasteiger partial charge in [-0.25, -0.2) is 4.79 Å². The van der Waals surface area contributed by atoms with Gasteiger partial charge in [-0.2, -0.15) is 0 Å². The molecule has 36 heavy (non-hydrogen) atoms. The van der Waals surface area contributed by atoms with Crippen molar-refractivity contribution in [2.24, 2.45) is 0 Å². The molecule has 1 aromatic heterocycles. The van der Waals surface area contributed by atoms with Crippen LogP contribution < -0.4 is 0 Å². The van der Waals surface area contributed by atoms with Crippen LogP contribution in [0.15, 0.2) is 89.5 Å². The third-order valence-electron chi connectivity index (χ3n) is 6.87. The second-order valence-corrected chi connectivity index (χ2v) is 10.1. The van der Waals surface area contributed by atoms with Crippen LogP contribution in [0.4, 0.5) is 4.79 Å². The molecule has 0 radical (unpaired) electrons. The number of aromatic nitrogens is 1. The van der Waals surface area contributed by atoms with E-state index in [1.54, 1.807) is 4.90 Å². The number of ether oxygens (including phenoxy) is 1. The van der Waals surface area contributed by atoms with E-state index >= 15 is 0 Å². The van der Waals surface area contributed by atoms with Gasteiger partial charge in [-0.1, -0.05) is 82.7 Å². The van der Waals surface area contributed by atoms with E-state index in [-0.39, 0.29) is 19.2 Å². The van der Waals surface area contributed by atoms with E-state index in [1.165, 1.54) is 10.9 Å². The van der Waals surface area contributed by atoms with Gasteiger partial charge in [-0.05, 0) is 35.2 Å². The Labute approximate surface area is 219 Å². The maximum Gasteiger partial charge on any atom is 0.410 e. The van der Waals surface area contributed by atoms with Crippen LogP contribution in [0, 0.1) is 0 Å². The van der Waals surface area contributed by atoms with Gasteiger partial charge in [-0.15, -0.1) is 0 Å². The molecule has 0 spiro atoms. The Morgan fingerprint density at radius 1 is 1.00 bits per heavy atom. The number of nitrogens with one attached hydrogen (secondary N) is 1. The molecule has 2 atom stereocenters. The highest BCUT2D eigenvalue weighted by Crippen LogP contribution is 2.25.